The molecule has 1 aromatic carbocycles. The third-order valence-electron chi connectivity index (χ3n) is 1.84. The van der Waals surface area contributed by atoms with Crippen LogP contribution in [0.1, 0.15) is 18.4 Å². The Labute approximate surface area is 83.7 Å². The molecule has 0 N–H and O–H groups in total. The summed E-state index contributed by atoms with van der Waals surface area (Å²) in [5.74, 6) is 0.228. The van der Waals surface area contributed by atoms with Gasteiger partial charge >= 0.3 is 0 Å². The first-order chi connectivity index (χ1) is 6.20. The molecule has 0 radical (unpaired) electrons. The van der Waals surface area contributed by atoms with Gasteiger partial charge in [-0.3, -0.25) is 4.79 Å². The molecule has 2 heteroatoms. The van der Waals surface area contributed by atoms with Crippen molar-refractivity contribution in [1.82, 2.24) is 0 Å². The van der Waals surface area contributed by atoms with E-state index < -0.39 is 0 Å². The highest BCUT2D eigenvalue weighted by atomic mass is 35.5. The third kappa shape index (κ3) is 4.69. The van der Waals surface area contributed by atoms with Gasteiger partial charge in [0.1, 0.15) is 0 Å². The normalized spacial score (nSPS) is 14.3. The average Bonchev–Trinajstić information content (AvgIpc) is 2.88. The van der Waals surface area contributed by atoms with Gasteiger partial charge in [0.15, 0.2) is 0 Å². The second kappa shape index (κ2) is 5.03. The highest BCUT2D eigenvalue weighted by Gasteiger charge is 2.27. The SMILES string of the molecule is Cc1ccccc1.O=C(Cl)C1CC1. The summed E-state index contributed by atoms with van der Waals surface area (Å²) in [6, 6.07) is 10.3. The Hall–Kier alpha value is -0.820. The van der Waals surface area contributed by atoms with Crippen molar-refractivity contribution in [2.45, 2.75) is 19.8 Å². The molecule has 1 aliphatic rings. The Bertz CT molecular complexity index is 265. The molecule has 0 bridgehead atoms. The van der Waals surface area contributed by atoms with Crippen LogP contribution in [-0.4, -0.2) is 5.24 Å². The molecular formula is C11H13ClO. The molecule has 0 heterocycles. The fourth-order valence-corrected chi connectivity index (χ4v) is 1.06. The molecule has 2 rings (SSSR count). The van der Waals surface area contributed by atoms with Crippen LogP contribution in [0.4, 0.5) is 0 Å². The largest absolute Gasteiger partial charge is 0.281 e. The van der Waals surface area contributed by atoms with Crippen molar-refractivity contribution in [3.05, 3.63) is 35.9 Å². The molecule has 0 amide bonds. The molecule has 13 heavy (non-hydrogen) atoms. The Kier molecular flexibility index (Phi) is 3.97. The van der Waals surface area contributed by atoms with Gasteiger partial charge in [0.2, 0.25) is 5.24 Å². The van der Waals surface area contributed by atoms with Crippen molar-refractivity contribution in [1.29, 1.82) is 0 Å². The van der Waals surface area contributed by atoms with E-state index in [0.29, 0.717) is 0 Å². The zero-order valence-electron chi connectivity index (χ0n) is 7.66. The Balaban J connectivity index is 0.000000132. The van der Waals surface area contributed by atoms with Gasteiger partial charge in [-0.25, -0.2) is 0 Å². The lowest BCUT2D eigenvalue weighted by Crippen LogP contribution is -1.83. The summed E-state index contributed by atoms with van der Waals surface area (Å²) in [6.07, 6.45) is 2.03. The summed E-state index contributed by atoms with van der Waals surface area (Å²) in [5.41, 5.74) is 1.32. The van der Waals surface area contributed by atoms with Crippen LogP contribution < -0.4 is 0 Å². The van der Waals surface area contributed by atoms with Crippen LogP contribution in [0.2, 0.25) is 0 Å². The molecule has 0 unspecified atom stereocenters. The van der Waals surface area contributed by atoms with Crippen molar-refractivity contribution >= 4 is 16.8 Å². The van der Waals surface area contributed by atoms with E-state index in [0.717, 1.165) is 12.8 Å². The van der Waals surface area contributed by atoms with Crippen LogP contribution >= 0.6 is 11.6 Å². The zero-order chi connectivity index (χ0) is 9.68. The lowest BCUT2D eigenvalue weighted by atomic mass is 10.2. The van der Waals surface area contributed by atoms with Gasteiger partial charge in [0.05, 0.1) is 0 Å². The van der Waals surface area contributed by atoms with Gasteiger partial charge in [-0.05, 0) is 31.4 Å². The molecular weight excluding hydrogens is 184 g/mol. The lowest BCUT2D eigenvalue weighted by Gasteiger charge is -1.82. The van der Waals surface area contributed by atoms with Crippen LogP contribution in [0, 0.1) is 12.8 Å². The predicted molar refractivity (Wildman–Crippen MR) is 54.8 cm³/mol. The maximum Gasteiger partial charge on any atom is 0.224 e. The van der Waals surface area contributed by atoms with Crippen LogP contribution in [0.5, 0.6) is 0 Å². The monoisotopic (exact) mass is 196 g/mol. The summed E-state index contributed by atoms with van der Waals surface area (Å²) in [7, 11) is 0. The predicted octanol–water partition coefficient (Wildman–Crippen LogP) is 3.16. The molecule has 0 aliphatic heterocycles. The lowest BCUT2D eigenvalue weighted by molar-refractivity contribution is -0.112. The van der Waals surface area contributed by atoms with Gasteiger partial charge in [0, 0.05) is 5.92 Å². The van der Waals surface area contributed by atoms with E-state index in [4.69, 9.17) is 11.6 Å². The number of carbonyl (C=O) groups excluding carboxylic acids is 1. The van der Waals surface area contributed by atoms with E-state index >= 15 is 0 Å². The fourth-order valence-electron chi connectivity index (χ4n) is 0.845. The topological polar surface area (TPSA) is 17.1 Å². The zero-order valence-corrected chi connectivity index (χ0v) is 8.42. The van der Waals surface area contributed by atoms with Crippen molar-refractivity contribution in [2.75, 3.05) is 0 Å². The average molecular weight is 197 g/mol. The standard InChI is InChI=1S/C7H8.C4H5ClO/c1-7-5-3-2-4-6-7;5-4(6)3-1-2-3/h2-6H,1H3;3H,1-2H2. The molecule has 0 spiro atoms. The maximum absolute atomic E-state index is 9.97. The highest BCUT2D eigenvalue weighted by molar-refractivity contribution is 6.64. The first kappa shape index (κ1) is 10.3. The molecule has 1 saturated carbocycles. The quantitative estimate of drug-likeness (QED) is 0.631. The molecule has 70 valence electrons. The van der Waals surface area contributed by atoms with Crippen LogP contribution in [0.25, 0.3) is 0 Å². The number of halogens is 1. The number of hydrogen-bond donors (Lipinski definition) is 0. The Morgan fingerprint density at radius 3 is 2.00 bits per heavy atom. The van der Waals surface area contributed by atoms with Gasteiger partial charge in [0.25, 0.3) is 0 Å². The van der Waals surface area contributed by atoms with E-state index in [9.17, 15) is 4.79 Å². The van der Waals surface area contributed by atoms with Crippen molar-refractivity contribution in [3.8, 4) is 0 Å². The van der Waals surface area contributed by atoms with Crippen LogP contribution in [0.15, 0.2) is 30.3 Å². The first-order valence-corrected chi connectivity index (χ1v) is 4.79. The van der Waals surface area contributed by atoms with Crippen LogP contribution in [-0.2, 0) is 4.79 Å². The summed E-state index contributed by atoms with van der Waals surface area (Å²) >= 11 is 5.04. The second-order valence-corrected chi connectivity index (χ2v) is 3.61. The van der Waals surface area contributed by atoms with E-state index in [1.165, 1.54) is 5.56 Å². The Morgan fingerprint density at radius 1 is 1.31 bits per heavy atom. The third-order valence-corrected chi connectivity index (χ3v) is 2.15. The minimum atomic E-state index is -0.157. The summed E-state index contributed by atoms with van der Waals surface area (Å²) in [4.78, 5) is 9.97. The number of aryl methyl sites for hydroxylation is 1. The van der Waals surface area contributed by atoms with Gasteiger partial charge < -0.3 is 0 Å². The number of benzene rings is 1. The molecule has 0 saturated heterocycles. The van der Waals surface area contributed by atoms with Crippen LogP contribution in [0.3, 0.4) is 0 Å². The molecule has 1 aliphatic carbocycles. The summed E-state index contributed by atoms with van der Waals surface area (Å²) in [6.45, 7) is 2.08. The van der Waals surface area contributed by atoms with Gasteiger partial charge in [-0.15, -0.1) is 0 Å². The van der Waals surface area contributed by atoms with Crippen molar-refractivity contribution < 1.29 is 4.79 Å². The van der Waals surface area contributed by atoms with Crippen molar-refractivity contribution in [2.24, 2.45) is 5.92 Å². The highest BCUT2D eigenvalue weighted by Crippen LogP contribution is 2.30. The van der Waals surface area contributed by atoms with Gasteiger partial charge in [-0.1, -0.05) is 35.9 Å². The molecule has 0 aromatic heterocycles. The molecule has 1 aromatic rings. The van der Waals surface area contributed by atoms with E-state index in [2.05, 4.69) is 19.1 Å². The number of carbonyl (C=O) groups is 1. The summed E-state index contributed by atoms with van der Waals surface area (Å²) < 4.78 is 0. The first-order valence-electron chi connectivity index (χ1n) is 4.41. The van der Waals surface area contributed by atoms with Gasteiger partial charge in [-0.2, -0.15) is 0 Å². The molecule has 1 nitrogen and oxygen atoms in total. The van der Waals surface area contributed by atoms with E-state index in [1.54, 1.807) is 0 Å². The number of rotatable bonds is 1. The second-order valence-electron chi connectivity index (χ2n) is 3.23. The maximum atomic E-state index is 9.97. The molecule has 0 atom stereocenters. The van der Waals surface area contributed by atoms with E-state index in [1.807, 2.05) is 18.2 Å². The molecule has 1 fully saturated rings. The van der Waals surface area contributed by atoms with E-state index in [-0.39, 0.29) is 11.2 Å². The minimum absolute atomic E-state index is 0.157. The Morgan fingerprint density at radius 2 is 1.85 bits per heavy atom. The smallest absolute Gasteiger partial charge is 0.224 e. The minimum Gasteiger partial charge on any atom is -0.281 e. The van der Waals surface area contributed by atoms with Crippen molar-refractivity contribution in [3.63, 3.8) is 0 Å². The fraction of sp³-hybridized carbons (Fsp3) is 0.364. The summed E-state index contributed by atoms with van der Waals surface area (Å²) in [5, 5.41) is -0.157. The number of hydrogen-bond acceptors (Lipinski definition) is 1.